The Balaban J connectivity index is 0.000000640. The second kappa shape index (κ2) is 4.00. The van der Waals surface area contributed by atoms with Crippen LogP contribution in [0.1, 0.15) is 4.88 Å². The fourth-order valence-corrected chi connectivity index (χ4v) is 1.02. The average molecular weight is 335 g/mol. The summed E-state index contributed by atoms with van der Waals surface area (Å²) in [5.74, 6) is 0.153. The fourth-order valence-electron chi connectivity index (χ4n) is 0.432. The summed E-state index contributed by atoms with van der Waals surface area (Å²) in [7, 11) is 0. The van der Waals surface area contributed by atoms with Gasteiger partial charge >= 0.3 is 27.3 Å². The predicted octanol–water partition coefficient (Wildman–Crippen LogP) is 0.116. The first-order valence-corrected chi connectivity index (χ1v) is 3.06. The van der Waals surface area contributed by atoms with Gasteiger partial charge in [0.25, 0.3) is 0 Å². The molecular weight excluding hydrogens is 327 g/mol. The van der Waals surface area contributed by atoms with Crippen LogP contribution in [0.4, 0.5) is 0 Å². The second-order valence-electron chi connectivity index (χ2n) is 1.39. The zero-order chi connectivity index (χ0) is 5.98. The van der Waals surface area contributed by atoms with E-state index in [-0.39, 0.29) is 33.1 Å². The quantitative estimate of drug-likeness (QED) is 0.427. The number of amidine groups is 1. The molecule has 1 heterocycles. The first-order valence-electron chi connectivity index (χ1n) is 2.18. The van der Waals surface area contributed by atoms with Crippen LogP contribution in [0, 0.1) is 5.41 Å². The summed E-state index contributed by atoms with van der Waals surface area (Å²) in [5.41, 5.74) is 5.15. The van der Waals surface area contributed by atoms with Gasteiger partial charge in [-0.3, -0.25) is 5.41 Å². The Labute approximate surface area is 77.7 Å². The van der Waals surface area contributed by atoms with Crippen molar-refractivity contribution < 1.29 is 0 Å². The summed E-state index contributed by atoms with van der Waals surface area (Å²) in [6.07, 6.45) is 0. The van der Waals surface area contributed by atoms with E-state index in [2.05, 4.69) is 0 Å². The van der Waals surface area contributed by atoms with Crippen molar-refractivity contribution in [3.05, 3.63) is 22.4 Å². The summed E-state index contributed by atoms with van der Waals surface area (Å²) in [6.45, 7) is 0. The Morgan fingerprint density at radius 1 is 1.67 bits per heavy atom. The third kappa shape index (κ3) is 2.44. The van der Waals surface area contributed by atoms with Crippen LogP contribution in [0.5, 0.6) is 0 Å². The van der Waals surface area contributed by atoms with E-state index in [0.717, 1.165) is 4.88 Å². The maximum absolute atomic E-state index is 6.94. The summed E-state index contributed by atoms with van der Waals surface area (Å²) in [5, 5.41) is 8.84. The Kier molecular flexibility index (Phi) is 4.04. The average Bonchev–Trinajstić information content (AvgIpc) is 2.12. The van der Waals surface area contributed by atoms with Crippen molar-refractivity contribution in [1.29, 1.82) is 5.41 Å². The molecule has 0 atom stereocenters. The van der Waals surface area contributed by atoms with Crippen LogP contribution in [-0.4, -0.2) is 33.1 Å². The van der Waals surface area contributed by atoms with Gasteiger partial charge in [0.05, 0.1) is 4.88 Å². The number of rotatable bonds is 1. The third-order valence-electron chi connectivity index (χ3n) is 0.787. The molecule has 0 unspecified atom stereocenters. The van der Waals surface area contributed by atoms with E-state index in [4.69, 9.17) is 11.1 Å². The third-order valence-corrected chi connectivity index (χ3v) is 1.69. The summed E-state index contributed by atoms with van der Waals surface area (Å²) in [4.78, 5) is 0.838. The van der Waals surface area contributed by atoms with Crippen LogP contribution in [0.2, 0.25) is 0 Å². The Bertz CT molecular complexity index is 183. The summed E-state index contributed by atoms with van der Waals surface area (Å²) >= 11 is 1.48. The molecule has 1 rings (SSSR count). The van der Waals surface area contributed by atoms with Gasteiger partial charge in [-0.2, -0.15) is 0 Å². The first-order chi connectivity index (χ1) is 3.80. The predicted molar refractivity (Wildman–Crippen MR) is 43.9 cm³/mol. The number of hydrogen-bond acceptors (Lipinski definition) is 2. The summed E-state index contributed by atoms with van der Waals surface area (Å²) in [6, 6.07) is 3.70. The number of nitrogen functional groups attached to an aromatic ring is 1. The molecule has 0 saturated heterocycles. The molecule has 0 aromatic carbocycles. The Morgan fingerprint density at radius 3 is 2.56 bits per heavy atom. The van der Waals surface area contributed by atoms with Gasteiger partial charge in [0.2, 0.25) is 0 Å². The van der Waals surface area contributed by atoms with Crippen molar-refractivity contribution >= 4 is 44.5 Å². The Morgan fingerprint density at radius 2 is 2.33 bits per heavy atom. The fraction of sp³-hybridized carbons (Fsp3) is 0. The van der Waals surface area contributed by atoms with Crippen LogP contribution >= 0.6 is 11.3 Å². The standard InChI is InChI=1S/C5H6N2S.Pb.2H/c6-5(7)4-2-1-3-8-4;;;/h1-3H,(H3,6,7);;;. The molecule has 0 spiro atoms. The van der Waals surface area contributed by atoms with Crippen molar-refractivity contribution in [3.63, 3.8) is 0 Å². The van der Waals surface area contributed by atoms with Gasteiger partial charge in [-0.05, 0) is 11.4 Å². The van der Waals surface area contributed by atoms with Crippen LogP contribution < -0.4 is 5.73 Å². The topological polar surface area (TPSA) is 49.9 Å². The van der Waals surface area contributed by atoms with Crippen molar-refractivity contribution in [1.82, 2.24) is 0 Å². The zero-order valence-electron chi connectivity index (χ0n) is 4.92. The molecule has 0 aliphatic heterocycles. The van der Waals surface area contributed by atoms with E-state index in [1.807, 2.05) is 17.5 Å². The molecule has 2 nitrogen and oxygen atoms in total. The molecule has 3 N–H and O–H groups in total. The van der Waals surface area contributed by atoms with Gasteiger partial charge in [-0.15, -0.1) is 11.3 Å². The molecule has 0 aliphatic rings. The van der Waals surface area contributed by atoms with E-state index in [0.29, 0.717) is 0 Å². The van der Waals surface area contributed by atoms with Crippen LogP contribution in [0.3, 0.4) is 0 Å². The minimum absolute atomic E-state index is 0. The molecular formula is C5H8N2PbS. The minimum atomic E-state index is 0. The van der Waals surface area contributed by atoms with E-state index in [1.54, 1.807) is 0 Å². The van der Waals surface area contributed by atoms with Gasteiger partial charge in [0.15, 0.2) is 0 Å². The van der Waals surface area contributed by atoms with Gasteiger partial charge in [-0.25, -0.2) is 0 Å². The number of nitrogens with two attached hydrogens (primary N) is 1. The molecule has 0 fully saturated rings. The molecule has 1 aromatic rings. The molecule has 0 saturated carbocycles. The molecule has 0 amide bonds. The monoisotopic (exact) mass is 336 g/mol. The van der Waals surface area contributed by atoms with Crippen molar-refractivity contribution in [2.45, 2.75) is 0 Å². The SMILES string of the molecule is N=C(N)c1cccs1.[PbH2]. The van der Waals surface area contributed by atoms with Crippen LogP contribution in [0.15, 0.2) is 17.5 Å². The molecule has 0 bridgehead atoms. The van der Waals surface area contributed by atoms with Crippen molar-refractivity contribution in [2.75, 3.05) is 0 Å². The second-order valence-corrected chi connectivity index (χ2v) is 2.34. The summed E-state index contributed by atoms with van der Waals surface area (Å²) < 4.78 is 0. The molecule has 0 aliphatic carbocycles. The normalized spacial score (nSPS) is 8.00. The molecule has 4 heteroatoms. The number of thiophene rings is 1. The molecule has 1 aromatic heterocycles. The number of hydrogen-bond donors (Lipinski definition) is 2. The Hall–Kier alpha value is 0.0921. The van der Waals surface area contributed by atoms with Crippen LogP contribution in [-0.2, 0) is 0 Å². The van der Waals surface area contributed by atoms with E-state index < -0.39 is 0 Å². The van der Waals surface area contributed by atoms with E-state index >= 15 is 0 Å². The maximum atomic E-state index is 6.94. The van der Waals surface area contributed by atoms with E-state index in [9.17, 15) is 0 Å². The number of nitrogens with one attached hydrogen (secondary N) is 1. The van der Waals surface area contributed by atoms with Gasteiger partial charge in [0, 0.05) is 0 Å². The first kappa shape index (κ1) is 9.09. The van der Waals surface area contributed by atoms with Crippen molar-refractivity contribution in [3.8, 4) is 0 Å². The zero-order valence-corrected chi connectivity index (χ0v) is 11.2. The van der Waals surface area contributed by atoms with Gasteiger partial charge < -0.3 is 5.73 Å². The van der Waals surface area contributed by atoms with Gasteiger partial charge in [-0.1, -0.05) is 6.07 Å². The molecule has 48 valence electrons. The van der Waals surface area contributed by atoms with E-state index in [1.165, 1.54) is 11.3 Å². The van der Waals surface area contributed by atoms with Gasteiger partial charge in [0.1, 0.15) is 5.84 Å². The van der Waals surface area contributed by atoms with Crippen molar-refractivity contribution in [2.24, 2.45) is 5.73 Å². The van der Waals surface area contributed by atoms with Crippen LogP contribution in [0.25, 0.3) is 0 Å². The molecule has 9 heavy (non-hydrogen) atoms. The molecule has 2 radical (unpaired) electrons.